The number of ether oxygens (including phenoxy) is 1. The molecule has 0 amide bonds. The van der Waals surface area contributed by atoms with Crippen LogP contribution in [0.4, 0.5) is 0 Å². The third kappa shape index (κ3) is 1.86. The molecule has 2 fully saturated rings. The number of aromatic nitrogens is 1. The maximum atomic E-state index is 6.08. The number of hydrogen-bond donors (Lipinski definition) is 0. The monoisotopic (exact) mass is 217 g/mol. The molecule has 1 aromatic heterocycles. The van der Waals surface area contributed by atoms with Gasteiger partial charge < -0.3 is 4.74 Å². The molecule has 16 heavy (non-hydrogen) atoms. The summed E-state index contributed by atoms with van der Waals surface area (Å²) in [4.78, 5) is 4.25. The minimum atomic E-state index is 0.299. The third-order valence-corrected chi connectivity index (χ3v) is 3.99. The van der Waals surface area contributed by atoms with E-state index in [9.17, 15) is 0 Å². The standard InChI is InChI=1S/C14H19NO/c1-10-7-12(3-6-15-10)13-9-14(4-5-14)8-11(2)16-13/h3,6-7,11,13H,4-5,8-9H2,1-2H3/t11-,13-/m1/s1. The first-order chi connectivity index (χ1) is 7.67. The highest BCUT2D eigenvalue weighted by Crippen LogP contribution is 2.58. The molecule has 1 aliphatic carbocycles. The Morgan fingerprint density at radius 2 is 2.19 bits per heavy atom. The van der Waals surface area contributed by atoms with Crippen LogP contribution in [-0.4, -0.2) is 11.1 Å². The van der Waals surface area contributed by atoms with Gasteiger partial charge in [0.1, 0.15) is 0 Å². The SMILES string of the molecule is Cc1cc([C@H]2CC3(CC3)C[C@@H](C)O2)ccn1. The molecule has 2 nitrogen and oxygen atoms in total. The van der Waals surface area contributed by atoms with Gasteiger partial charge in [0, 0.05) is 11.9 Å². The zero-order chi connectivity index (χ0) is 11.2. The van der Waals surface area contributed by atoms with Crippen LogP contribution in [0.25, 0.3) is 0 Å². The molecule has 0 unspecified atom stereocenters. The maximum Gasteiger partial charge on any atom is 0.0835 e. The van der Waals surface area contributed by atoms with Gasteiger partial charge in [-0.2, -0.15) is 0 Å². The largest absolute Gasteiger partial charge is 0.371 e. The molecular weight excluding hydrogens is 198 g/mol. The van der Waals surface area contributed by atoms with Gasteiger partial charge in [0.15, 0.2) is 0 Å². The lowest BCUT2D eigenvalue weighted by molar-refractivity contribution is -0.0706. The van der Waals surface area contributed by atoms with Gasteiger partial charge in [-0.3, -0.25) is 4.98 Å². The topological polar surface area (TPSA) is 22.1 Å². The molecule has 2 aliphatic rings. The fourth-order valence-corrected chi connectivity index (χ4v) is 3.01. The van der Waals surface area contributed by atoms with Crippen LogP contribution in [0.5, 0.6) is 0 Å². The van der Waals surface area contributed by atoms with Crippen molar-refractivity contribution in [1.29, 1.82) is 0 Å². The summed E-state index contributed by atoms with van der Waals surface area (Å²) in [5, 5.41) is 0. The molecule has 2 heterocycles. The van der Waals surface area contributed by atoms with E-state index in [1.165, 1.54) is 31.2 Å². The van der Waals surface area contributed by atoms with Gasteiger partial charge in [-0.1, -0.05) is 0 Å². The van der Waals surface area contributed by atoms with Crippen molar-refractivity contribution in [3.8, 4) is 0 Å². The van der Waals surface area contributed by atoms with Crippen LogP contribution in [0.2, 0.25) is 0 Å². The predicted molar refractivity (Wildman–Crippen MR) is 63.2 cm³/mol. The summed E-state index contributed by atoms with van der Waals surface area (Å²) in [6, 6.07) is 4.27. The first-order valence-electron chi connectivity index (χ1n) is 6.25. The van der Waals surface area contributed by atoms with E-state index in [2.05, 4.69) is 24.0 Å². The molecule has 1 spiro atoms. The van der Waals surface area contributed by atoms with E-state index >= 15 is 0 Å². The van der Waals surface area contributed by atoms with E-state index < -0.39 is 0 Å². The Kier molecular flexibility index (Phi) is 2.28. The molecule has 2 atom stereocenters. The van der Waals surface area contributed by atoms with Gasteiger partial charge in [0.25, 0.3) is 0 Å². The number of nitrogens with zero attached hydrogens (tertiary/aromatic N) is 1. The second-order valence-corrected chi connectivity index (χ2v) is 5.57. The minimum absolute atomic E-state index is 0.299. The Hall–Kier alpha value is -0.890. The zero-order valence-corrected chi connectivity index (χ0v) is 10.1. The van der Waals surface area contributed by atoms with Crippen molar-refractivity contribution < 1.29 is 4.74 Å². The Morgan fingerprint density at radius 3 is 2.88 bits per heavy atom. The Bertz CT molecular complexity index is 397. The van der Waals surface area contributed by atoms with Crippen LogP contribution in [-0.2, 0) is 4.74 Å². The smallest absolute Gasteiger partial charge is 0.0835 e. The molecule has 0 radical (unpaired) electrons. The number of hydrogen-bond acceptors (Lipinski definition) is 2. The van der Waals surface area contributed by atoms with Crippen molar-refractivity contribution in [3.63, 3.8) is 0 Å². The molecule has 1 saturated heterocycles. The van der Waals surface area contributed by atoms with Crippen LogP contribution in [0.15, 0.2) is 18.3 Å². The second-order valence-electron chi connectivity index (χ2n) is 5.57. The zero-order valence-electron chi connectivity index (χ0n) is 10.1. The molecule has 0 aromatic carbocycles. The van der Waals surface area contributed by atoms with E-state index in [1.807, 2.05) is 13.1 Å². The quantitative estimate of drug-likeness (QED) is 0.719. The van der Waals surface area contributed by atoms with Crippen molar-refractivity contribution in [2.24, 2.45) is 5.41 Å². The highest BCUT2D eigenvalue weighted by Gasteiger charge is 2.48. The third-order valence-electron chi connectivity index (χ3n) is 3.99. The van der Waals surface area contributed by atoms with Gasteiger partial charge in [-0.05, 0) is 62.6 Å². The molecule has 1 aromatic rings. The van der Waals surface area contributed by atoms with Crippen molar-refractivity contribution in [1.82, 2.24) is 4.98 Å². The fraction of sp³-hybridized carbons (Fsp3) is 0.643. The molecule has 86 valence electrons. The summed E-state index contributed by atoms with van der Waals surface area (Å²) < 4.78 is 6.08. The molecular formula is C14H19NO. The van der Waals surface area contributed by atoms with Crippen LogP contribution in [0.1, 0.15) is 50.0 Å². The summed E-state index contributed by atoms with van der Waals surface area (Å²) in [5.41, 5.74) is 3.02. The lowest BCUT2D eigenvalue weighted by Crippen LogP contribution is -2.27. The summed E-state index contributed by atoms with van der Waals surface area (Å²) >= 11 is 0. The maximum absolute atomic E-state index is 6.08. The van der Waals surface area contributed by atoms with E-state index in [-0.39, 0.29) is 0 Å². The number of aryl methyl sites for hydroxylation is 1. The van der Waals surface area contributed by atoms with Gasteiger partial charge in [0.2, 0.25) is 0 Å². The normalized spacial score (nSPS) is 31.6. The average Bonchev–Trinajstić information content (AvgIpc) is 2.96. The van der Waals surface area contributed by atoms with E-state index in [1.54, 1.807) is 0 Å². The Labute approximate surface area is 97.0 Å². The van der Waals surface area contributed by atoms with E-state index in [0.717, 1.165) is 5.69 Å². The van der Waals surface area contributed by atoms with Crippen molar-refractivity contribution >= 4 is 0 Å². The predicted octanol–water partition coefficient (Wildman–Crippen LogP) is 3.41. The first kappa shape index (κ1) is 10.3. The number of pyridine rings is 1. The molecule has 3 rings (SSSR count). The minimum Gasteiger partial charge on any atom is -0.371 e. The lowest BCUT2D eigenvalue weighted by Gasteiger charge is -2.34. The molecule has 0 N–H and O–H groups in total. The summed E-state index contributed by atoms with van der Waals surface area (Å²) in [5.74, 6) is 0. The second kappa shape index (κ2) is 3.56. The van der Waals surface area contributed by atoms with E-state index in [4.69, 9.17) is 4.74 Å². The Balaban J connectivity index is 1.83. The molecule has 1 aliphatic heterocycles. The summed E-state index contributed by atoms with van der Waals surface area (Å²) in [7, 11) is 0. The van der Waals surface area contributed by atoms with Crippen LogP contribution >= 0.6 is 0 Å². The highest BCUT2D eigenvalue weighted by atomic mass is 16.5. The summed E-state index contributed by atoms with van der Waals surface area (Å²) in [6.45, 7) is 4.25. The van der Waals surface area contributed by atoms with E-state index in [0.29, 0.717) is 17.6 Å². The fourth-order valence-electron chi connectivity index (χ4n) is 3.01. The lowest BCUT2D eigenvalue weighted by atomic mass is 9.86. The van der Waals surface area contributed by atoms with Gasteiger partial charge >= 0.3 is 0 Å². The van der Waals surface area contributed by atoms with Gasteiger partial charge in [-0.25, -0.2) is 0 Å². The summed E-state index contributed by atoms with van der Waals surface area (Å²) in [6.07, 6.45) is 7.88. The van der Waals surface area contributed by atoms with Crippen LogP contribution < -0.4 is 0 Å². The van der Waals surface area contributed by atoms with Crippen molar-refractivity contribution in [2.75, 3.05) is 0 Å². The van der Waals surface area contributed by atoms with Crippen molar-refractivity contribution in [2.45, 2.75) is 51.7 Å². The average molecular weight is 217 g/mol. The highest BCUT2D eigenvalue weighted by molar-refractivity contribution is 5.20. The molecule has 2 heteroatoms. The van der Waals surface area contributed by atoms with Crippen molar-refractivity contribution in [3.05, 3.63) is 29.6 Å². The first-order valence-corrected chi connectivity index (χ1v) is 6.25. The van der Waals surface area contributed by atoms with Crippen LogP contribution in [0.3, 0.4) is 0 Å². The Morgan fingerprint density at radius 1 is 1.38 bits per heavy atom. The number of rotatable bonds is 1. The van der Waals surface area contributed by atoms with Gasteiger partial charge in [-0.15, -0.1) is 0 Å². The molecule has 0 bridgehead atoms. The van der Waals surface area contributed by atoms with Gasteiger partial charge in [0.05, 0.1) is 12.2 Å². The molecule has 1 saturated carbocycles. The van der Waals surface area contributed by atoms with Crippen LogP contribution in [0, 0.1) is 12.3 Å².